The third-order valence-electron chi connectivity index (χ3n) is 4.84. The van der Waals surface area contributed by atoms with E-state index in [0.29, 0.717) is 6.61 Å². The maximum absolute atomic E-state index is 5.92. The van der Waals surface area contributed by atoms with E-state index in [1.54, 1.807) is 4.68 Å². The zero-order chi connectivity index (χ0) is 18.6. The summed E-state index contributed by atoms with van der Waals surface area (Å²) < 4.78 is 9.89. The number of nitrogens with one attached hydrogen (secondary N) is 1. The van der Waals surface area contributed by atoms with E-state index in [0.717, 1.165) is 48.7 Å². The molecule has 1 N–H and O–H groups in total. The van der Waals surface area contributed by atoms with Gasteiger partial charge in [0.15, 0.2) is 5.96 Å². The van der Waals surface area contributed by atoms with E-state index in [9.17, 15) is 0 Å². The molecule has 1 atom stereocenters. The fourth-order valence-electron chi connectivity index (χ4n) is 3.46. The van der Waals surface area contributed by atoms with Gasteiger partial charge in [-0.2, -0.15) is 5.10 Å². The average Bonchev–Trinajstić information content (AvgIpc) is 3.32. The van der Waals surface area contributed by atoms with Crippen molar-refractivity contribution in [3.8, 4) is 0 Å². The van der Waals surface area contributed by atoms with Gasteiger partial charge < -0.3 is 19.5 Å². The summed E-state index contributed by atoms with van der Waals surface area (Å²) in [6, 6.07) is 8.18. The van der Waals surface area contributed by atoms with E-state index >= 15 is 0 Å². The van der Waals surface area contributed by atoms with E-state index in [1.807, 2.05) is 51.0 Å². The average molecular weight is 495 g/mol. The number of ether oxygens (including phenoxy) is 1. The predicted octanol–water partition coefficient (Wildman–Crippen LogP) is 2.04. The standard InChI is InChI=1S/C19H25N7O.HI/c1-20-19(21-7-8-26-14-22-16-5-3-4-6-17(16)26)25-9-10-27-18(13-25)15-11-23-24(2)12-15;/h3-6,11-12,14,18H,7-10,13H2,1-2H3,(H,20,21);1H. The number of aromatic nitrogens is 4. The largest absolute Gasteiger partial charge is 0.370 e. The molecule has 9 heteroatoms. The Morgan fingerprint density at radius 2 is 2.21 bits per heavy atom. The van der Waals surface area contributed by atoms with Crippen molar-refractivity contribution in [1.82, 2.24) is 29.5 Å². The summed E-state index contributed by atoms with van der Waals surface area (Å²) in [6.07, 6.45) is 5.79. The Hall–Kier alpha value is -2.14. The van der Waals surface area contributed by atoms with Crippen molar-refractivity contribution >= 4 is 41.0 Å². The molecule has 1 aromatic carbocycles. The van der Waals surface area contributed by atoms with Gasteiger partial charge in [0.1, 0.15) is 6.10 Å². The Morgan fingerprint density at radius 1 is 1.36 bits per heavy atom. The van der Waals surface area contributed by atoms with E-state index in [-0.39, 0.29) is 30.1 Å². The Balaban J connectivity index is 0.00000225. The van der Waals surface area contributed by atoms with Gasteiger partial charge in [-0.3, -0.25) is 9.67 Å². The molecule has 1 unspecified atom stereocenters. The number of guanidine groups is 1. The molecule has 0 bridgehead atoms. The van der Waals surface area contributed by atoms with Crippen molar-refractivity contribution in [3.05, 3.63) is 48.5 Å². The quantitative estimate of drug-likeness (QED) is 0.341. The lowest BCUT2D eigenvalue weighted by molar-refractivity contribution is -0.00802. The predicted molar refractivity (Wildman–Crippen MR) is 120 cm³/mol. The number of morpholine rings is 1. The Morgan fingerprint density at radius 3 is 3.00 bits per heavy atom. The minimum absolute atomic E-state index is 0. The number of benzene rings is 1. The Kier molecular flexibility index (Phi) is 6.89. The molecule has 8 nitrogen and oxygen atoms in total. The first-order valence-corrected chi connectivity index (χ1v) is 9.20. The highest BCUT2D eigenvalue weighted by Gasteiger charge is 2.25. The topological polar surface area (TPSA) is 72.5 Å². The van der Waals surface area contributed by atoms with E-state index in [1.165, 1.54) is 0 Å². The molecular formula is C19H26IN7O. The molecule has 150 valence electrons. The van der Waals surface area contributed by atoms with Crippen LogP contribution in [0.15, 0.2) is 48.0 Å². The van der Waals surface area contributed by atoms with Crippen molar-refractivity contribution < 1.29 is 4.74 Å². The Bertz CT molecular complexity index is 935. The van der Waals surface area contributed by atoms with Crippen LogP contribution in [-0.4, -0.2) is 63.5 Å². The number of imidazole rings is 1. The van der Waals surface area contributed by atoms with Crippen LogP contribution in [-0.2, 0) is 18.3 Å². The second-order valence-corrected chi connectivity index (χ2v) is 6.65. The molecule has 1 aliphatic rings. The summed E-state index contributed by atoms with van der Waals surface area (Å²) >= 11 is 0. The van der Waals surface area contributed by atoms with Crippen molar-refractivity contribution in [3.63, 3.8) is 0 Å². The molecule has 0 saturated carbocycles. The third kappa shape index (κ3) is 4.46. The maximum Gasteiger partial charge on any atom is 0.193 e. The van der Waals surface area contributed by atoms with Gasteiger partial charge in [0.2, 0.25) is 0 Å². The molecule has 1 aliphatic heterocycles. The molecule has 2 aromatic heterocycles. The van der Waals surface area contributed by atoms with Crippen LogP contribution in [0.2, 0.25) is 0 Å². The molecule has 0 spiro atoms. The first kappa shape index (κ1) is 20.6. The molecule has 1 saturated heterocycles. The van der Waals surface area contributed by atoms with Crippen LogP contribution >= 0.6 is 24.0 Å². The van der Waals surface area contributed by atoms with Crippen LogP contribution in [0.1, 0.15) is 11.7 Å². The molecule has 0 radical (unpaired) electrons. The fourth-order valence-corrected chi connectivity index (χ4v) is 3.46. The van der Waals surface area contributed by atoms with Gasteiger partial charge in [-0.05, 0) is 12.1 Å². The number of hydrogen-bond donors (Lipinski definition) is 1. The lowest BCUT2D eigenvalue weighted by Crippen LogP contribution is -2.48. The SMILES string of the molecule is CN=C(NCCn1cnc2ccccc21)N1CCOC(c2cnn(C)c2)C1.I. The van der Waals surface area contributed by atoms with Crippen LogP contribution in [0.4, 0.5) is 0 Å². The van der Waals surface area contributed by atoms with Crippen LogP contribution < -0.4 is 5.32 Å². The molecule has 0 aliphatic carbocycles. The molecule has 1 fully saturated rings. The van der Waals surface area contributed by atoms with Gasteiger partial charge in [0.25, 0.3) is 0 Å². The molecule has 3 aromatic rings. The molecule has 0 amide bonds. The van der Waals surface area contributed by atoms with Crippen molar-refractivity contribution in [2.75, 3.05) is 33.3 Å². The number of aliphatic imine (C=N–C) groups is 1. The minimum Gasteiger partial charge on any atom is -0.370 e. The van der Waals surface area contributed by atoms with E-state index < -0.39 is 0 Å². The Labute approximate surface area is 181 Å². The highest BCUT2D eigenvalue weighted by molar-refractivity contribution is 14.0. The van der Waals surface area contributed by atoms with Gasteiger partial charge in [0, 0.05) is 45.5 Å². The summed E-state index contributed by atoms with van der Waals surface area (Å²) in [4.78, 5) is 11.1. The van der Waals surface area contributed by atoms with Crippen molar-refractivity contribution in [2.24, 2.45) is 12.0 Å². The number of rotatable bonds is 4. The van der Waals surface area contributed by atoms with Crippen molar-refractivity contribution in [2.45, 2.75) is 12.6 Å². The number of hydrogen-bond acceptors (Lipinski definition) is 4. The summed E-state index contributed by atoms with van der Waals surface area (Å²) in [6.45, 7) is 3.87. The van der Waals surface area contributed by atoms with Crippen molar-refractivity contribution in [1.29, 1.82) is 0 Å². The third-order valence-corrected chi connectivity index (χ3v) is 4.84. The van der Waals surface area contributed by atoms with E-state index in [4.69, 9.17) is 4.74 Å². The van der Waals surface area contributed by atoms with Crippen LogP contribution in [0.5, 0.6) is 0 Å². The number of nitrogens with zero attached hydrogens (tertiary/aromatic N) is 6. The first-order valence-electron chi connectivity index (χ1n) is 9.20. The smallest absolute Gasteiger partial charge is 0.193 e. The van der Waals surface area contributed by atoms with Gasteiger partial charge in [-0.15, -0.1) is 24.0 Å². The van der Waals surface area contributed by atoms with Crippen LogP contribution in [0.3, 0.4) is 0 Å². The van der Waals surface area contributed by atoms with Gasteiger partial charge in [-0.25, -0.2) is 4.98 Å². The fraction of sp³-hybridized carbons (Fsp3) is 0.421. The van der Waals surface area contributed by atoms with Gasteiger partial charge in [-0.1, -0.05) is 12.1 Å². The maximum atomic E-state index is 5.92. The number of fused-ring (bicyclic) bond motifs is 1. The molecule has 3 heterocycles. The lowest BCUT2D eigenvalue weighted by atomic mass is 10.1. The van der Waals surface area contributed by atoms with E-state index in [2.05, 4.69) is 35.9 Å². The molecule has 4 rings (SSSR count). The summed E-state index contributed by atoms with van der Waals surface area (Å²) in [5.74, 6) is 0.900. The monoisotopic (exact) mass is 495 g/mol. The zero-order valence-corrected chi connectivity index (χ0v) is 18.5. The van der Waals surface area contributed by atoms with Gasteiger partial charge >= 0.3 is 0 Å². The van der Waals surface area contributed by atoms with Gasteiger partial charge in [0.05, 0.1) is 36.7 Å². The summed E-state index contributed by atoms with van der Waals surface area (Å²) in [5.41, 5.74) is 3.27. The van der Waals surface area contributed by atoms with Crippen LogP contribution in [0.25, 0.3) is 11.0 Å². The number of halogens is 1. The lowest BCUT2D eigenvalue weighted by Gasteiger charge is -2.34. The zero-order valence-electron chi connectivity index (χ0n) is 16.2. The second kappa shape index (κ2) is 9.37. The number of aryl methyl sites for hydroxylation is 1. The minimum atomic E-state index is 0. The molecule has 28 heavy (non-hydrogen) atoms. The number of para-hydroxylation sites is 2. The summed E-state index contributed by atoms with van der Waals surface area (Å²) in [7, 11) is 3.74. The first-order chi connectivity index (χ1) is 13.2. The van der Waals surface area contributed by atoms with Crippen LogP contribution in [0, 0.1) is 0 Å². The second-order valence-electron chi connectivity index (χ2n) is 6.65. The highest BCUT2D eigenvalue weighted by Crippen LogP contribution is 2.21. The highest BCUT2D eigenvalue weighted by atomic mass is 127. The summed E-state index contributed by atoms with van der Waals surface area (Å²) in [5, 5.41) is 7.72. The molecular weight excluding hydrogens is 469 g/mol. The normalized spacial score (nSPS) is 17.6.